The van der Waals surface area contributed by atoms with Crippen molar-refractivity contribution in [2.24, 2.45) is 17.8 Å². The number of piperidine rings is 1. The first kappa shape index (κ1) is 20.3. The van der Waals surface area contributed by atoms with Crippen molar-refractivity contribution < 1.29 is 18.3 Å². The van der Waals surface area contributed by atoms with Gasteiger partial charge in [0.1, 0.15) is 17.4 Å². The van der Waals surface area contributed by atoms with Crippen molar-refractivity contribution in [2.75, 3.05) is 31.7 Å². The standard InChI is InChI=1S/C21H24BrF2N3O2/c1-28-16-11-25-21(26-12-16)27-5-2-13(3-6-27)17-8-14(17)4-7-29-15-9-18(23)20(22)19(24)10-15/h9-14,17H,2-8H2,1H3/t14-,17-/m1/s1. The highest BCUT2D eigenvalue weighted by Gasteiger charge is 2.43. The van der Waals surface area contributed by atoms with Crippen molar-refractivity contribution >= 4 is 21.9 Å². The summed E-state index contributed by atoms with van der Waals surface area (Å²) in [6, 6.07) is 2.43. The molecular weight excluding hydrogens is 444 g/mol. The molecule has 2 atom stereocenters. The summed E-state index contributed by atoms with van der Waals surface area (Å²) < 4.78 is 37.6. The minimum Gasteiger partial charge on any atom is -0.494 e. The lowest BCUT2D eigenvalue weighted by Crippen LogP contribution is -2.35. The van der Waals surface area contributed by atoms with Gasteiger partial charge < -0.3 is 14.4 Å². The Kier molecular flexibility index (Phi) is 6.18. The summed E-state index contributed by atoms with van der Waals surface area (Å²) in [5.41, 5.74) is 0. The molecular formula is C21H24BrF2N3O2. The highest BCUT2D eigenvalue weighted by molar-refractivity contribution is 9.10. The van der Waals surface area contributed by atoms with Crippen LogP contribution < -0.4 is 14.4 Å². The van der Waals surface area contributed by atoms with E-state index in [2.05, 4.69) is 30.8 Å². The van der Waals surface area contributed by atoms with E-state index in [-0.39, 0.29) is 10.2 Å². The first-order chi connectivity index (χ1) is 14.0. The zero-order valence-electron chi connectivity index (χ0n) is 16.3. The third kappa shape index (κ3) is 4.79. The zero-order chi connectivity index (χ0) is 20.4. The molecule has 156 valence electrons. The van der Waals surface area contributed by atoms with Crippen molar-refractivity contribution in [3.63, 3.8) is 0 Å². The van der Waals surface area contributed by atoms with Gasteiger partial charge in [0.25, 0.3) is 0 Å². The van der Waals surface area contributed by atoms with Crippen molar-refractivity contribution in [1.82, 2.24) is 9.97 Å². The molecule has 0 spiro atoms. The molecule has 1 aliphatic carbocycles. The highest BCUT2D eigenvalue weighted by Crippen LogP contribution is 2.49. The smallest absolute Gasteiger partial charge is 0.225 e. The Morgan fingerprint density at radius 2 is 1.76 bits per heavy atom. The van der Waals surface area contributed by atoms with Crippen LogP contribution in [0.25, 0.3) is 0 Å². The summed E-state index contributed by atoms with van der Waals surface area (Å²) in [7, 11) is 1.61. The van der Waals surface area contributed by atoms with E-state index in [4.69, 9.17) is 9.47 Å². The molecule has 2 aliphatic rings. The molecule has 0 amide bonds. The maximum atomic E-state index is 13.5. The SMILES string of the molecule is COc1cnc(N2CCC([C@H]3C[C@H]3CCOc3cc(F)c(Br)c(F)c3)CC2)nc1. The van der Waals surface area contributed by atoms with Crippen LogP contribution >= 0.6 is 15.9 Å². The maximum Gasteiger partial charge on any atom is 0.225 e. The summed E-state index contributed by atoms with van der Waals surface area (Å²) in [6.07, 6.45) is 7.83. The molecule has 0 radical (unpaired) electrons. The second-order valence-corrected chi connectivity index (χ2v) is 8.54. The molecule has 1 aliphatic heterocycles. The molecule has 0 unspecified atom stereocenters. The van der Waals surface area contributed by atoms with Gasteiger partial charge in [-0.25, -0.2) is 18.7 Å². The number of anilines is 1. The molecule has 1 aromatic carbocycles. The molecule has 0 N–H and O–H groups in total. The predicted molar refractivity (Wildman–Crippen MR) is 109 cm³/mol. The fourth-order valence-corrected chi connectivity index (χ4v) is 4.46. The van der Waals surface area contributed by atoms with Gasteiger partial charge in [0.15, 0.2) is 5.75 Å². The fraction of sp³-hybridized carbons (Fsp3) is 0.524. The molecule has 8 heteroatoms. The Balaban J connectivity index is 1.19. The molecule has 2 fully saturated rings. The van der Waals surface area contributed by atoms with Crippen LogP contribution in [0.4, 0.5) is 14.7 Å². The van der Waals surface area contributed by atoms with Crippen LogP contribution in [0, 0.1) is 29.4 Å². The van der Waals surface area contributed by atoms with Gasteiger partial charge in [-0.1, -0.05) is 0 Å². The summed E-state index contributed by atoms with van der Waals surface area (Å²) in [6.45, 7) is 2.42. The minimum absolute atomic E-state index is 0.154. The third-order valence-corrected chi connectivity index (χ3v) is 6.73. The summed E-state index contributed by atoms with van der Waals surface area (Å²) in [4.78, 5) is 11.0. The summed E-state index contributed by atoms with van der Waals surface area (Å²) >= 11 is 2.87. The number of hydrogen-bond donors (Lipinski definition) is 0. The van der Waals surface area contributed by atoms with E-state index < -0.39 is 11.6 Å². The van der Waals surface area contributed by atoms with E-state index in [0.717, 1.165) is 50.1 Å². The molecule has 2 heterocycles. The molecule has 1 saturated carbocycles. The predicted octanol–water partition coefficient (Wildman–Crippen LogP) is 4.85. The summed E-state index contributed by atoms with van der Waals surface area (Å²) in [5.74, 6) is 2.49. The molecule has 5 nitrogen and oxygen atoms in total. The van der Waals surface area contributed by atoms with E-state index in [0.29, 0.717) is 18.3 Å². The van der Waals surface area contributed by atoms with E-state index in [9.17, 15) is 8.78 Å². The Bertz CT molecular complexity index is 821. The second-order valence-electron chi connectivity index (χ2n) is 7.75. The van der Waals surface area contributed by atoms with Crippen LogP contribution in [0.3, 0.4) is 0 Å². The van der Waals surface area contributed by atoms with Gasteiger partial charge in [-0.3, -0.25) is 0 Å². The normalized spacial score (nSPS) is 21.9. The van der Waals surface area contributed by atoms with E-state index >= 15 is 0 Å². The lowest BCUT2D eigenvalue weighted by Gasteiger charge is -2.32. The molecule has 1 aromatic heterocycles. The van der Waals surface area contributed by atoms with E-state index in [1.165, 1.54) is 18.6 Å². The maximum absolute atomic E-state index is 13.5. The molecule has 0 bridgehead atoms. The van der Waals surface area contributed by atoms with Gasteiger partial charge in [0.2, 0.25) is 5.95 Å². The van der Waals surface area contributed by atoms with Crippen LogP contribution in [0.1, 0.15) is 25.7 Å². The number of methoxy groups -OCH3 is 1. The number of hydrogen-bond acceptors (Lipinski definition) is 5. The van der Waals surface area contributed by atoms with Crippen molar-refractivity contribution in [1.29, 1.82) is 0 Å². The monoisotopic (exact) mass is 467 g/mol. The van der Waals surface area contributed by atoms with Gasteiger partial charge in [-0.05, 0) is 59.4 Å². The van der Waals surface area contributed by atoms with E-state index in [1.807, 2.05) is 0 Å². The van der Waals surface area contributed by atoms with Crippen LogP contribution in [0.2, 0.25) is 0 Å². The Morgan fingerprint density at radius 3 is 2.38 bits per heavy atom. The van der Waals surface area contributed by atoms with Gasteiger partial charge in [0, 0.05) is 25.2 Å². The number of rotatable bonds is 7. The number of benzene rings is 1. The lowest BCUT2D eigenvalue weighted by atomic mass is 9.90. The van der Waals surface area contributed by atoms with E-state index in [1.54, 1.807) is 19.5 Å². The van der Waals surface area contributed by atoms with Gasteiger partial charge in [0.05, 0.1) is 30.6 Å². The average molecular weight is 468 g/mol. The number of nitrogens with zero attached hydrogens (tertiary/aromatic N) is 3. The lowest BCUT2D eigenvalue weighted by molar-refractivity contribution is 0.282. The third-order valence-electron chi connectivity index (χ3n) is 5.97. The van der Waals surface area contributed by atoms with Crippen LogP contribution in [-0.2, 0) is 0 Å². The van der Waals surface area contributed by atoms with Crippen molar-refractivity contribution in [2.45, 2.75) is 25.7 Å². The number of ether oxygens (including phenoxy) is 2. The Labute approximate surface area is 177 Å². The van der Waals surface area contributed by atoms with Gasteiger partial charge >= 0.3 is 0 Å². The average Bonchev–Trinajstić information content (AvgIpc) is 3.52. The van der Waals surface area contributed by atoms with Gasteiger partial charge in [-0.2, -0.15) is 0 Å². The quantitative estimate of drug-likeness (QED) is 0.544. The molecule has 29 heavy (non-hydrogen) atoms. The fourth-order valence-electron chi connectivity index (χ4n) is 4.23. The van der Waals surface area contributed by atoms with Crippen LogP contribution in [0.5, 0.6) is 11.5 Å². The first-order valence-electron chi connectivity index (χ1n) is 9.93. The zero-order valence-corrected chi connectivity index (χ0v) is 17.9. The van der Waals surface area contributed by atoms with Gasteiger partial charge in [-0.15, -0.1) is 0 Å². The Hall–Kier alpha value is -1.96. The number of aromatic nitrogens is 2. The highest BCUT2D eigenvalue weighted by atomic mass is 79.9. The second kappa shape index (κ2) is 8.81. The molecule has 1 saturated heterocycles. The van der Waals surface area contributed by atoms with Crippen molar-refractivity contribution in [3.05, 3.63) is 40.6 Å². The largest absolute Gasteiger partial charge is 0.494 e. The topological polar surface area (TPSA) is 47.5 Å². The molecule has 4 rings (SSSR count). The van der Waals surface area contributed by atoms with Crippen LogP contribution in [-0.4, -0.2) is 36.8 Å². The summed E-state index contributed by atoms with van der Waals surface area (Å²) in [5, 5.41) is 0. The molecule has 2 aromatic rings. The van der Waals surface area contributed by atoms with Crippen LogP contribution in [0.15, 0.2) is 29.0 Å². The van der Waals surface area contributed by atoms with Crippen molar-refractivity contribution in [3.8, 4) is 11.5 Å². The number of halogens is 3. The Morgan fingerprint density at radius 1 is 1.10 bits per heavy atom. The minimum atomic E-state index is -0.642. The first-order valence-corrected chi connectivity index (χ1v) is 10.7.